The number of pyridine rings is 1. The number of aryl methyl sites for hydroxylation is 3. The van der Waals surface area contributed by atoms with E-state index in [1.807, 2.05) is 24.6 Å². The molecule has 0 atom stereocenters. The Morgan fingerprint density at radius 2 is 2.20 bits per heavy atom. The number of carbonyl (C=O) groups is 1. The topological polar surface area (TPSA) is 85.8 Å². The molecule has 0 bridgehead atoms. The molecule has 0 aliphatic heterocycles. The summed E-state index contributed by atoms with van der Waals surface area (Å²) in [6.45, 7) is 5.39. The number of amides is 1. The van der Waals surface area contributed by atoms with E-state index in [2.05, 4.69) is 15.4 Å². The number of nitrogens with two attached hydrogens (primary N) is 1. The first kappa shape index (κ1) is 14.0. The van der Waals surface area contributed by atoms with Crippen LogP contribution in [-0.2, 0) is 6.54 Å². The second-order valence-electron chi connectivity index (χ2n) is 4.73. The molecule has 2 aromatic rings. The van der Waals surface area contributed by atoms with Crippen molar-refractivity contribution in [3.63, 3.8) is 0 Å². The SMILES string of the molecule is Cc1cc(C)n(CCCNC(=O)c2ccc(N)nc2)n1. The van der Waals surface area contributed by atoms with Gasteiger partial charge in [0.25, 0.3) is 5.91 Å². The lowest BCUT2D eigenvalue weighted by molar-refractivity contribution is 0.0952. The zero-order valence-electron chi connectivity index (χ0n) is 11.8. The van der Waals surface area contributed by atoms with Gasteiger partial charge in [0, 0.05) is 25.0 Å². The molecule has 1 amide bonds. The van der Waals surface area contributed by atoms with E-state index in [4.69, 9.17) is 5.73 Å². The normalized spacial score (nSPS) is 10.5. The zero-order valence-corrected chi connectivity index (χ0v) is 11.8. The average molecular weight is 273 g/mol. The first-order valence-electron chi connectivity index (χ1n) is 6.57. The predicted octanol–water partition coefficient (Wildman–Crippen LogP) is 1.30. The minimum atomic E-state index is -0.133. The van der Waals surface area contributed by atoms with Crippen molar-refractivity contribution in [1.29, 1.82) is 0 Å². The van der Waals surface area contributed by atoms with Gasteiger partial charge in [-0.05, 0) is 38.5 Å². The summed E-state index contributed by atoms with van der Waals surface area (Å²) in [6, 6.07) is 5.32. The number of nitrogens with one attached hydrogen (secondary N) is 1. The lowest BCUT2D eigenvalue weighted by Crippen LogP contribution is -2.25. The standard InChI is InChI=1S/C14H19N5O/c1-10-8-11(2)19(18-10)7-3-6-16-14(20)12-4-5-13(15)17-9-12/h4-5,8-9H,3,6-7H2,1-2H3,(H2,15,17)(H,16,20). The smallest absolute Gasteiger partial charge is 0.252 e. The lowest BCUT2D eigenvalue weighted by Gasteiger charge is -2.06. The third kappa shape index (κ3) is 3.57. The van der Waals surface area contributed by atoms with Crippen molar-refractivity contribution >= 4 is 11.7 Å². The Hall–Kier alpha value is -2.37. The molecule has 6 nitrogen and oxygen atoms in total. The Labute approximate surface area is 118 Å². The van der Waals surface area contributed by atoms with Crippen LogP contribution in [0.5, 0.6) is 0 Å². The maximum atomic E-state index is 11.8. The van der Waals surface area contributed by atoms with Gasteiger partial charge >= 0.3 is 0 Å². The van der Waals surface area contributed by atoms with Crippen molar-refractivity contribution in [3.8, 4) is 0 Å². The highest BCUT2D eigenvalue weighted by Crippen LogP contribution is 2.03. The van der Waals surface area contributed by atoms with Gasteiger partial charge in [0.05, 0.1) is 11.3 Å². The molecule has 0 saturated carbocycles. The van der Waals surface area contributed by atoms with Gasteiger partial charge in [0.2, 0.25) is 0 Å². The van der Waals surface area contributed by atoms with Crippen LogP contribution in [0, 0.1) is 13.8 Å². The number of nitrogen functional groups attached to an aromatic ring is 1. The molecule has 0 aromatic carbocycles. The number of hydrogen-bond acceptors (Lipinski definition) is 4. The minimum Gasteiger partial charge on any atom is -0.384 e. The molecule has 0 spiro atoms. The summed E-state index contributed by atoms with van der Waals surface area (Å²) in [5.41, 5.74) is 8.14. The highest BCUT2D eigenvalue weighted by Gasteiger charge is 2.05. The van der Waals surface area contributed by atoms with Gasteiger partial charge in [-0.15, -0.1) is 0 Å². The predicted molar refractivity (Wildman–Crippen MR) is 77.3 cm³/mol. The summed E-state index contributed by atoms with van der Waals surface area (Å²) >= 11 is 0. The van der Waals surface area contributed by atoms with E-state index in [-0.39, 0.29) is 5.91 Å². The quantitative estimate of drug-likeness (QED) is 0.804. The Kier molecular flexibility index (Phi) is 4.34. The summed E-state index contributed by atoms with van der Waals surface area (Å²) in [5.74, 6) is 0.275. The molecule has 0 saturated heterocycles. The molecule has 0 aliphatic carbocycles. The van der Waals surface area contributed by atoms with E-state index < -0.39 is 0 Å². The van der Waals surface area contributed by atoms with Crippen LogP contribution >= 0.6 is 0 Å². The number of nitrogens with zero attached hydrogens (tertiary/aromatic N) is 3. The van der Waals surface area contributed by atoms with Gasteiger partial charge in [-0.2, -0.15) is 5.10 Å². The molecule has 2 aromatic heterocycles. The molecule has 0 radical (unpaired) electrons. The highest BCUT2D eigenvalue weighted by atomic mass is 16.1. The van der Waals surface area contributed by atoms with E-state index in [1.165, 1.54) is 6.20 Å². The summed E-state index contributed by atoms with van der Waals surface area (Å²) in [5, 5.41) is 7.23. The van der Waals surface area contributed by atoms with Crippen LogP contribution in [0.1, 0.15) is 28.2 Å². The largest absolute Gasteiger partial charge is 0.384 e. The van der Waals surface area contributed by atoms with Crippen LogP contribution in [0.3, 0.4) is 0 Å². The Bertz CT molecular complexity index is 588. The molecule has 0 unspecified atom stereocenters. The number of aromatic nitrogens is 3. The molecule has 0 fully saturated rings. The molecular weight excluding hydrogens is 254 g/mol. The third-order valence-corrected chi connectivity index (χ3v) is 2.98. The average Bonchev–Trinajstić information content (AvgIpc) is 2.73. The van der Waals surface area contributed by atoms with Crippen LogP contribution < -0.4 is 11.1 Å². The minimum absolute atomic E-state index is 0.133. The van der Waals surface area contributed by atoms with Crippen LogP contribution in [0.2, 0.25) is 0 Å². The summed E-state index contributed by atoms with van der Waals surface area (Å²) in [4.78, 5) is 15.7. The van der Waals surface area contributed by atoms with E-state index in [1.54, 1.807) is 12.1 Å². The number of carbonyl (C=O) groups excluding carboxylic acids is 1. The van der Waals surface area contributed by atoms with E-state index >= 15 is 0 Å². The van der Waals surface area contributed by atoms with Gasteiger partial charge in [0.1, 0.15) is 5.82 Å². The number of hydrogen-bond donors (Lipinski definition) is 2. The van der Waals surface area contributed by atoms with Crippen molar-refractivity contribution in [2.75, 3.05) is 12.3 Å². The van der Waals surface area contributed by atoms with E-state index in [0.29, 0.717) is 17.9 Å². The number of anilines is 1. The molecule has 6 heteroatoms. The monoisotopic (exact) mass is 273 g/mol. The molecule has 0 aliphatic rings. The van der Waals surface area contributed by atoms with Gasteiger partial charge in [0.15, 0.2) is 0 Å². The maximum Gasteiger partial charge on any atom is 0.252 e. The third-order valence-electron chi connectivity index (χ3n) is 2.98. The van der Waals surface area contributed by atoms with Crippen LogP contribution in [0.25, 0.3) is 0 Å². The zero-order chi connectivity index (χ0) is 14.5. The van der Waals surface area contributed by atoms with Crippen LogP contribution in [0.15, 0.2) is 24.4 Å². The van der Waals surface area contributed by atoms with Crippen molar-refractivity contribution < 1.29 is 4.79 Å². The van der Waals surface area contributed by atoms with Crippen LogP contribution in [0.4, 0.5) is 5.82 Å². The van der Waals surface area contributed by atoms with Crippen molar-refractivity contribution in [3.05, 3.63) is 41.3 Å². The molecule has 106 valence electrons. The maximum absolute atomic E-state index is 11.8. The second kappa shape index (κ2) is 6.18. The van der Waals surface area contributed by atoms with Gasteiger partial charge in [-0.3, -0.25) is 9.48 Å². The van der Waals surface area contributed by atoms with Gasteiger partial charge in [-0.1, -0.05) is 0 Å². The summed E-state index contributed by atoms with van der Waals surface area (Å²) < 4.78 is 1.95. The Morgan fingerprint density at radius 3 is 2.80 bits per heavy atom. The van der Waals surface area contributed by atoms with Gasteiger partial charge in [-0.25, -0.2) is 4.98 Å². The fourth-order valence-corrected chi connectivity index (χ4v) is 1.97. The first-order chi connectivity index (χ1) is 9.56. The second-order valence-corrected chi connectivity index (χ2v) is 4.73. The number of rotatable bonds is 5. The molecule has 2 rings (SSSR count). The fourth-order valence-electron chi connectivity index (χ4n) is 1.97. The molecule has 2 heterocycles. The summed E-state index contributed by atoms with van der Waals surface area (Å²) in [7, 11) is 0. The van der Waals surface area contributed by atoms with E-state index in [9.17, 15) is 4.79 Å². The molecule has 20 heavy (non-hydrogen) atoms. The van der Waals surface area contributed by atoms with Gasteiger partial charge < -0.3 is 11.1 Å². The Balaban J connectivity index is 1.77. The van der Waals surface area contributed by atoms with Crippen molar-refractivity contribution in [1.82, 2.24) is 20.1 Å². The summed E-state index contributed by atoms with van der Waals surface area (Å²) in [6.07, 6.45) is 2.31. The van der Waals surface area contributed by atoms with Crippen molar-refractivity contribution in [2.45, 2.75) is 26.8 Å². The Morgan fingerprint density at radius 1 is 1.40 bits per heavy atom. The fraction of sp³-hybridized carbons (Fsp3) is 0.357. The first-order valence-corrected chi connectivity index (χ1v) is 6.57. The van der Waals surface area contributed by atoms with Crippen molar-refractivity contribution in [2.24, 2.45) is 0 Å². The van der Waals surface area contributed by atoms with Crippen LogP contribution in [-0.4, -0.2) is 27.2 Å². The van der Waals surface area contributed by atoms with E-state index in [0.717, 1.165) is 24.4 Å². The molecule has 3 N–H and O–H groups in total. The molecular formula is C14H19N5O. The highest BCUT2D eigenvalue weighted by molar-refractivity contribution is 5.93. The lowest BCUT2D eigenvalue weighted by atomic mass is 10.2.